The van der Waals surface area contributed by atoms with Crippen molar-refractivity contribution in [3.8, 4) is 11.5 Å². The molecule has 0 saturated heterocycles. The highest BCUT2D eigenvalue weighted by Gasteiger charge is 2.23. The Morgan fingerprint density at radius 1 is 0.964 bits per heavy atom. The van der Waals surface area contributed by atoms with E-state index >= 15 is 0 Å². The van der Waals surface area contributed by atoms with Crippen LogP contribution in [-0.2, 0) is 6.42 Å². The molecule has 28 heavy (non-hydrogen) atoms. The van der Waals surface area contributed by atoms with E-state index in [4.69, 9.17) is 9.47 Å². The summed E-state index contributed by atoms with van der Waals surface area (Å²) in [5.74, 6) is 2.46. The van der Waals surface area contributed by atoms with Crippen molar-refractivity contribution in [1.29, 1.82) is 0 Å². The second kappa shape index (κ2) is 8.21. The second-order valence-corrected chi connectivity index (χ2v) is 7.11. The Kier molecular flexibility index (Phi) is 5.33. The van der Waals surface area contributed by atoms with Crippen molar-refractivity contribution in [2.24, 2.45) is 0 Å². The number of ether oxygens (including phenoxy) is 2. The normalized spacial score (nSPS) is 14.9. The van der Waals surface area contributed by atoms with Crippen molar-refractivity contribution in [3.05, 3.63) is 78.0 Å². The van der Waals surface area contributed by atoms with E-state index < -0.39 is 0 Å². The molecule has 5 nitrogen and oxygen atoms in total. The molecule has 2 aromatic carbocycles. The predicted molar refractivity (Wildman–Crippen MR) is 112 cm³/mol. The van der Waals surface area contributed by atoms with Crippen LogP contribution in [0.3, 0.4) is 0 Å². The third-order valence-electron chi connectivity index (χ3n) is 4.50. The van der Waals surface area contributed by atoms with Gasteiger partial charge in [0.25, 0.3) is 0 Å². The number of nitrogens with one attached hydrogen (secondary N) is 2. The lowest BCUT2D eigenvalue weighted by molar-refractivity contribution is 0.239. The van der Waals surface area contributed by atoms with E-state index in [1.54, 1.807) is 6.20 Å². The van der Waals surface area contributed by atoms with Gasteiger partial charge in [0.2, 0.25) is 0 Å². The number of hydrogen-bond acceptors (Lipinski definition) is 5. The molecule has 0 saturated carbocycles. The molecule has 0 spiro atoms. The summed E-state index contributed by atoms with van der Waals surface area (Å²) in [4.78, 5) is 4.38. The van der Waals surface area contributed by atoms with Crippen LogP contribution in [0.5, 0.6) is 11.5 Å². The summed E-state index contributed by atoms with van der Waals surface area (Å²) in [7, 11) is 0. The number of fused-ring (bicyclic) bond motifs is 1. The smallest absolute Gasteiger partial charge is 0.151 e. The van der Waals surface area contributed by atoms with Gasteiger partial charge in [-0.05, 0) is 43.7 Å². The van der Waals surface area contributed by atoms with E-state index in [2.05, 4.69) is 33.8 Å². The summed E-state index contributed by atoms with van der Waals surface area (Å²) in [6.07, 6.45) is 2.67. The van der Waals surface area contributed by atoms with Crippen LogP contribution in [0.1, 0.15) is 31.1 Å². The third-order valence-corrected chi connectivity index (χ3v) is 4.50. The molecule has 2 N–H and O–H groups in total. The highest BCUT2D eigenvalue weighted by Crippen LogP contribution is 2.36. The Bertz CT molecular complexity index is 903. The maximum atomic E-state index is 6.06. The van der Waals surface area contributed by atoms with Crippen LogP contribution in [0.15, 0.2) is 66.9 Å². The maximum Gasteiger partial charge on any atom is 0.151 e. The Morgan fingerprint density at radius 2 is 1.79 bits per heavy atom. The first-order valence-corrected chi connectivity index (χ1v) is 9.64. The molecule has 3 aromatic rings. The second-order valence-electron chi connectivity index (χ2n) is 7.11. The van der Waals surface area contributed by atoms with Gasteiger partial charge in [0, 0.05) is 24.2 Å². The lowest BCUT2D eigenvalue weighted by Crippen LogP contribution is -2.14. The molecule has 0 radical (unpaired) electrons. The van der Waals surface area contributed by atoms with Gasteiger partial charge in [0.1, 0.15) is 17.7 Å². The molecule has 0 fully saturated rings. The van der Waals surface area contributed by atoms with Gasteiger partial charge in [-0.2, -0.15) is 0 Å². The monoisotopic (exact) mass is 375 g/mol. The molecule has 1 unspecified atom stereocenters. The molecule has 2 heterocycles. The average Bonchev–Trinajstić information content (AvgIpc) is 3.12. The number of rotatable bonds is 7. The van der Waals surface area contributed by atoms with Gasteiger partial charge in [-0.15, -0.1) is 0 Å². The first kappa shape index (κ1) is 18.2. The molecule has 1 aromatic heterocycles. The Labute approximate surface area is 165 Å². The number of nitrogens with zero attached hydrogens (tertiary/aromatic N) is 1. The fourth-order valence-corrected chi connectivity index (χ4v) is 3.25. The predicted octanol–water partition coefficient (Wildman–Crippen LogP) is 5.03. The number of aromatic nitrogens is 1. The van der Waals surface area contributed by atoms with Crippen LogP contribution in [0, 0.1) is 0 Å². The van der Waals surface area contributed by atoms with Crippen molar-refractivity contribution < 1.29 is 9.47 Å². The number of anilines is 2. The fourth-order valence-electron chi connectivity index (χ4n) is 3.25. The average molecular weight is 375 g/mol. The van der Waals surface area contributed by atoms with Crippen LogP contribution >= 0.6 is 0 Å². The number of pyridine rings is 1. The van der Waals surface area contributed by atoms with Crippen LogP contribution < -0.4 is 20.1 Å². The van der Waals surface area contributed by atoms with E-state index in [0.717, 1.165) is 35.0 Å². The first-order valence-electron chi connectivity index (χ1n) is 9.64. The molecule has 1 atom stereocenters. The Morgan fingerprint density at radius 3 is 2.57 bits per heavy atom. The third kappa shape index (κ3) is 4.36. The molecule has 1 aliphatic rings. The lowest BCUT2D eigenvalue weighted by Gasteiger charge is -2.18. The zero-order valence-electron chi connectivity index (χ0n) is 16.2. The van der Waals surface area contributed by atoms with Crippen molar-refractivity contribution in [2.45, 2.75) is 32.5 Å². The van der Waals surface area contributed by atoms with Gasteiger partial charge >= 0.3 is 0 Å². The number of benzene rings is 2. The topological polar surface area (TPSA) is 55.4 Å². The molecule has 0 aliphatic carbocycles. The highest BCUT2D eigenvalue weighted by molar-refractivity contribution is 5.71. The summed E-state index contributed by atoms with van der Waals surface area (Å²) in [5, 5.41) is 6.86. The molecular formula is C23H25N3O2. The van der Waals surface area contributed by atoms with Crippen molar-refractivity contribution in [1.82, 2.24) is 4.98 Å². The molecule has 144 valence electrons. The maximum absolute atomic E-state index is 6.06. The Hall–Kier alpha value is -3.21. The minimum atomic E-state index is -0.0721. The van der Waals surface area contributed by atoms with E-state index in [0.29, 0.717) is 6.61 Å². The van der Waals surface area contributed by atoms with Gasteiger partial charge < -0.3 is 20.1 Å². The first-order chi connectivity index (χ1) is 13.7. The van der Waals surface area contributed by atoms with Gasteiger partial charge in [-0.25, -0.2) is 4.98 Å². The van der Waals surface area contributed by atoms with Crippen molar-refractivity contribution in [3.63, 3.8) is 0 Å². The van der Waals surface area contributed by atoms with E-state index in [1.807, 2.05) is 56.3 Å². The summed E-state index contributed by atoms with van der Waals surface area (Å²) in [6, 6.07) is 20.3. The minimum Gasteiger partial charge on any atom is -0.493 e. The quantitative estimate of drug-likeness (QED) is 0.607. The molecule has 5 heteroatoms. The van der Waals surface area contributed by atoms with Crippen molar-refractivity contribution >= 4 is 11.5 Å². The standard InChI is InChI=1S/C23H25N3O2/c1-16(2)28-20-14-18(22-25-21-9-6-11-24-23(21)26-22)13-19(15-20)27-12-10-17-7-4-3-5-8-17/h3-9,11,13-16,22,25H,10,12H2,1-2H3,(H,24,26). The molecule has 4 rings (SSSR count). The van der Waals surface area contributed by atoms with Gasteiger partial charge in [0.05, 0.1) is 18.4 Å². The van der Waals surface area contributed by atoms with E-state index in [1.165, 1.54) is 5.56 Å². The van der Waals surface area contributed by atoms with Crippen LogP contribution in [0.4, 0.5) is 11.5 Å². The number of hydrogen-bond donors (Lipinski definition) is 2. The fraction of sp³-hybridized carbons (Fsp3) is 0.261. The zero-order valence-corrected chi connectivity index (χ0v) is 16.2. The van der Waals surface area contributed by atoms with Crippen LogP contribution in [0.25, 0.3) is 0 Å². The van der Waals surface area contributed by atoms with Crippen molar-refractivity contribution in [2.75, 3.05) is 17.2 Å². The zero-order chi connectivity index (χ0) is 19.3. The molecule has 0 bridgehead atoms. The van der Waals surface area contributed by atoms with Gasteiger partial charge in [0.15, 0.2) is 5.82 Å². The van der Waals surface area contributed by atoms with E-state index in [-0.39, 0.29) is 12.3 Å². The summed E-state index contributed by atoms with van der Waals surface area (Å²) < 4.78 is 12.0. The van der Waals surface area contributed by atoms with Gasteiger partial charge in [-0.3, -0.25) is 0 Å². The SMILES string of the molecule is CC(C)Oc1cc(OCCc2ccccc2)cc(C2Nc3cccnc3N2)c1. The highest BCUT2D eigenvalue weighted by atomic mass is 16.5. The summed E-state index contributed by atoms with van der Waals surface area (Å²) >= 11 is 0. The molecule has 0 amide bonds. The summed E-state index contributed by atoms with van der Waals surface area (Å²) in [5.41, 5.74) is 3.30. The van der Waals surface area contributed by atoms with Crippen LogP contribution in [-0.4, -0.2) is 17.7 Å². The van der Waals surface area contributed by atoms with Crippen LogP contribution in [0.2, 0.25) is 0 Å². The molecular weight excluding hydrogens is 350 g/mol. The van der Waals surface area contributed by atoms with Gasteiger partial charge in [-0.1, -0.05) is 30.3 Å². The minimum absolute atomic E-state index is 0.0721. The molecule has 1 aliphatic heterocycles. The lowest BCUT2D eigenvalue weighted by atomic mass is 10.1. The summed E-state index contributed by atoms with van der Waals surface area (Å²) in [6.45, 7) is 4.66. The largest absolute Gasteiger partial charge is 0.493 e. The Balaban J connectivity index is 1.50. The van der Waals surface area contributed by atoms with E-state index in [9.17, 15) is 0 Å².